The zero-order valence-electron chi connectivity index (χ0n) is 15.3. The molecule has 6 nitrogen and oxygen atoms in total. The van der Waals surface area contributed by atoms with E-state index in [0.717, 1.165) is 31.5 Å². The van der Waals surface area contributed by atoms with Crippen molar-refractivity contribution in [2.75, 3.05) is 25.0 Å². The number of anilines is 1. The highest BCUT2D eigenvalue weighted by Crippen LogP contribution is 2.26. The minimum atomic E-state index is -2.83. The molecule has 1 unspecified atom stereocenters. The largest absolute Gasteiger partial charge is 0.369 e. The van der Waals surface area contributed by atoms with Crippen molar-refractivity contribution in [2.24, 2.45) is 11.7 Å². The number of nitrogens with zero attached hydrogens (tertiary/aromatic N) is 1. The first-order valence-electron chi connectivity index (χ1n) is 8.85. The summed E-state index contributed by atoms with van der Waals surface area (Å²) in [6.45, 7) is 1.83. The number of hydrogen-bond acceptors (Lipinski definition) is 4. The minimum Gasteiger partial charge on any atom is -0.369 e. The lowest BCUT2D eigenvalue weighted by molar-refractivity contribution is -0.123. The van der Waals surface area contributed by atoms with Crippen molar-refractivity contribution in [3.8, 4) is 0 Å². The van der Waals surface area contributed by atoms with Gasteiger partial charge in [0.15, 0.2) is 0 Å². The molecule has 158 valence electrons. The van der Waals surface area contributed by atoms with Crippen molar-refractivity contribution in [1.82, 2.24) is 10.2 Å². The molecule has 2 saturated heterocycles. The van der Waals surface area contributed by atoms with Crippen LogP contribution in [0.15, 0.2) is 24.3 Å². The van der Waals surface area contributed by atoms with Crippen LogP contribution in [0.5, 0.6) is 0 Å². The Balaban J connectivity index is 0.00000196. The third-order valence-electron chi connectivity index (χ3n) is 5.02. The Bertz CT molecular complexity index is 685. The normalized spacial score (nSPS) is 22.0. The molecule has 0 spiro atoms. The molecule has 0 bridgehead atoms. The van der Waals surface area contributed by atoms with Crippen LogP contribution in [0.3, 0.4) is 0 Å². The van der Waals surface area contributed by atoms with Gasteiger partial charge in [0, 0.05) is 24.6 Å². The van der Waals surface area contributed by atoms with Crippen molar-refractivity contribution in [1.29, 1.82) is 0 Å². The average molecular weight is 439 g/mol. The zero-order chi connectivity index (χ0) is 18.7. The van der Waals surface area contributed by atoms with Crippen LogP contribution in [0.25, 0.3) is 0 Å². The van der Waals surface area contributed by atoms with E-state index >= 15 is 0 Å². The molecule has 2 amide bonds. The summed E-state index contributed by atoms with van der Waals surface area (Å²) in [5, 5.41) is 5.26. The molecule has 4 N–H and O–H groups in total. The van der Waals surface area contributed by atoms with Gasteiger partial charge in [-0.2, -0.15) is 0 Å². The second-order valence-electron chi connectivity index (χ2n) is 7.14. The van der Waals surface area contributed by atoms with E-state index in [1.807, 2.05) is 18.2 Å². The van der Waals surface area contributed by atoms with Gasteiger partial charge in [0.25, 0.3) is 5.92 Å². The lowest BCUT2D eigenvalue weighted by Gasteiger charge is -2.30. The summed E-state index contributed by atoms with van der Waals surface area (Å²) >= 11 is 0. The Labute approximate surface area is 175 Å². The SMILES string of the molecule is Cl.Cl.NC(=O)C1CCN(Cc2cccc(NC(=O)C3CC(F)(F)CN3)c2)CC1. The number of amides is 2. The average Bonchev–Trinajstić information content (AvgIpc) is 2.96. The van der Waals surface area contributed by atoms with Crippen LogP contribution < -0.4 is 16.4 Å². The van der Waals surface area contributed by atoms with E-state index < -0.39 is 30.8 Å². The monoisotopic (exact) mass is 438 g/mol. The molecule has 1 atom stereocenters. The van der Waals surface area contributed by atoms with Gasteiger partial charge in [0.05, 0.1) is 12.6 Å². The molecule has 0 aromatic heterocycles. The maximum absolute atomic E-state index is 13.2. The van der Waals surface area contributed by atoms with Gasteiger partial charge in [-0.15, -0.1) is 24.8 Å². The molecular weight excluding hydrogens is 413 g/mol. The van der Waals surface area contributed by atoms with E-state index in [4.69, 9.17) is 5.73 Å². The highest BCUT2D eigenvalue weighted by Gasteiger charge is 2.42. The summed E-state index contributed by atoms with van der Waals surface area (Å²) in [5.41, 5.74) is 6.96. The molecule has 2 fully saturated rings. The second-order valence-corrected chi connectivity index (χ2v) is 7.14. The fourth-order valence-corrected chi connectivity index (χ4v) is 3.51. The van der Waals surface area contributed by atoms with Gasteiger partial charge >= 0.3 is 0 Å². The fourth-order valence-electron chi connectivity index (χ4n) is 3.51. The Kier molecular flexibility index (Phi) is 9.07. The molecule has 28 heavy (non-hydrogen) atoms. The Hall–Kier alpha value is -1.48. The number of likely N-dealkylation sites (tertiary alicyclic amines) is 1. The van der Waals surface area contributed by atoms with Crippen molar-refractivity contribution in [3.63, 3.8) is 0 Å². The quantitative estimate of drug-likeness (QED) is 0.657. The molecule has 1 aromatic carbocycles. The fraction of sp³-hybridized carbons (Fsp3) is 0.556. The van der Waals surface area contributed by atoms with Gasteiger partial charge < -0.3 is 11.1 Å². The first-order valence-corrected chi connectivity index (χ1v) is 8.85. The molecule has 0 aliphatic carbocycles. The molecule has 10 heteroatoms. The van der Waals surface area contributed by atoms with Gasteiger partial charge in [-0.1, -0.05) is 12.1 Å². The predicted molar refractivity (Wildman–Crippen MR) is 108 cm³/mol. The maximum Gasteiger partial charge on any atom is 0.262 e. The number of carbonyl (C=O) groups is 2. The standard InChI is InChI=1S/C18H24F2N4O2.2ClH/c19-18(20)9-15(22-11-18)17(26)23-14-3-1-2-12(8-14)10-24-6-4-13(5-7-24)16(21)25;;/h1-3,8,13,15,22H,4-7,9-11H2,(H2,21,25)(H,23,26);2*1H. The minimum absolute atomic E-state index is 0. The summed E-state index contributed by atoms with van der Waals surface area (Å²) in [4.78, 5) is 25.6. The second kappa shape index (κ2) is 10.3. The summed E-state index contributed by atoms with van der Waals surface area (Å²) in [6, 6.07) is 6.51. The van der Waals surface area contributed by atoms with E-state index in [1.54, 1.807) is 6.07 Å². The number of piperidine rings is 1. The van der Waals surface area contributed by atoms with Crippen LogP contribution in [0.4, 0.5) is 14.5 Å². The van der Waals surface area contributed by atoms with Gasteiger partial charge in [-0.3, -0.25) is 19.8 Å². The number of halogens is 4. The smallest absolute Gasteiger partial charge is 0.262 e. The van der Waals surface area contributed by atoms with E-state index in [9.17, 15) is 18.4 Å². The van der Waals surface area contributed by atoms with Gasteiger partial charge in [0.1, 0.15) is 0 Å². The van der Waals surface area contributed by atoms with Crippen LogP contribution >= 0.6 is 24.8 Å². The molecule has 0 radical (unpaired) electrons. The highest BCUT2D eigenvalue weighted by molar-refractivity contribution is 5.95. The molecule has 2 aliphatic heterocycles. The van der Waals surface area contributed by atoms with Crippen LogP contribution in [0, 0.1) is 5.92 Å². The van der Waals surface area contributed by atoms with Crippen molar-refractivity contribution in [3.05, 3.63) is 29.8 Å². The number of nitrogens with one attached hydrogen (secondary N) is 2. The summed E-state index contributed by atoms with van der Waals surface area (Å²) in [6.07, 6.45) is 1.04. The van der Waals surface area contributed by atoms with Crippen LogP contribution in [0.2, 0.25) is 0 Å². The third-order valence-corrected chi connectivity index (χ3v) is 5.02. The molecule has 2 aliphatic rings. The Morgan fingerprint density at radius 3 is 2.50 bits per heavy atom. The first kappa shape index (κ1) is 24.6. The van der Waals surface area contributed by atoms with Crippen molar-refractivity contribution >= 4 is 42.3 Å². The predicted octanol–water partition coefficient (Wildman–Crippen LogP) is 2.16. The number of hydrogen-bond donors (Lipinski definition) is 3. The number of alkyl halides is 2. The highest BCUT2D eigenvalue weighted by atomic mass is 35.5. The lowest BCUT2D eigenvalue weighted by Crippen LogP contribution is -2.38. The van der Waals surface area contributed by atoms with E-state index in [0.29, 0.717) is 12.2 Å². The number of rotatable bonds is 5. The van der Waals surface area contributed by atoms with Gasteiger partial charge in [-0.25, -0.2) is 8.78 Å². The zero-order valence-corrected chi connectivity index (χ0v) is 17.0. The molecular formula is C18H26Cl2F2N4O2. The topological polar surface area (TPSA) is 87.5 Å². The molecule has 1 aromatic rings. The summed E-state index contributed by atoms with van der Waals surface area (Å²) in [5.74, 6) is -3.56. The molecule has 2 heterocycles. The number of benzene rings is 1. The van der Waals surface area contributed by atoms with Gasteiger partial charge in [-0.05, 0) is 43.6 Å². The first-order chi connectivity index (χ1) is 12.3. The van der Waals surface area contributed by atoms with Crippen LogP contribution in [-0.4, -0.2) is 48.3 Å². The van der Waals surface area contributed by atoms with E-state index in [2.05, 4.69) is 15.5 Å². The number of primary amides is 1. The van der Waals surface area contributed by atoms with Crippen LogP contribution in [0.1, 0.15) is 24.8 Å². The van der Waals surface area contributed by atoms with Gasteiger partial charge in [0.2, 0.25) is 11.8 Å². The Morgan fingerprint density at radius 1 is 1.25 bits per heavy atom. The summed E-state index contributed by atoms with van der Waals surface area (Å²) in [7, 11) is 0. The van der Waals surface area contributed by atoms with E-state index in [1.165, 1.54) is 0 Å². The van der Waals surface area contributed by atoms with E-state index in [-0.39, 0.29) is 36.6 Å². The Morgan fingerprint density at radius 2 is 1.93 bits per heavy atom. The molecule has 3 rings (SSSR count). The third kappa shape index (κ3) is 6.55. The number of carbonyl (C=O) groups excluding carboxylic acids is 2. The lowest BCUT2D eigenvalue weighted by atomic mass is 9.96. The number of nitrogens with two attached hydrogens (primary N) is 1. The summed E-state index contributed by atoms with van der Waals surface area (Å²) < 4.78 is 26.4. The molecule has 0 saturated carbocycles. The van der Waals surface area contributed by atoms with Crippen molar-refractivity contribution in [2.45, 2.75) is 37.8 Å². The van der Waals surface area contributed by atoms with Crippen molar-refractivity contribution < 1.29 is 18.4 Å². The van der Waals surface area contributed by atoms with Crippen LogP contribution in [-0.2, 0) is 16.1 Å². The maximum atomic E-state index is 13.2.